The predicted molar refractivity (Wildman–Crippen MR) is 105 cm³/mol. The molecule has 1 saturated heterocycles. The van der Waals surface area contributed by atoms with Gasteiger partial charge in [0.05, 0.1) is 0 Å². The van der Waals surface area contributed by atoms with Crippen LogP contribution in [0.3, 0.4) is 0 Å². The number of carbonyl (C=O) groups is 4. The van der Waals surface area contributed by atoms with Crippen molar-refractivity contribution in [1.29, 1.82) is 0 Å². The number of hydrogen-bond acceptors (Lipinski definition) is 5. The second-order valence-corrected chi connectivity index (χ2v) is 8.28. The Labute approximate surface area is 169 Å². The minimum atomic E-state index is -0.849. The molecule has 1 aromatic rings. The maximum atomic E-state index is 13.2. The first kappa shape index (κ1) is 21.0. The summed E-state index contributed by atoms with van der Waals surface area (Å²) in [4.78, 5) is 58.2. The molecule has 158 valence electrons. The van der Waals surface area contributed by atoms with Crippen LogP contribution in [0.5, 0.6) is 0 Å². The number of rotatable bonds is 7. The van der Waals surface area contributed by atoms with E-state index in [0.29, 0.717) is 32.2 Å². The van der Waals surface area contributed by atoms with Crippen LogP contribution in [0.25, 0.3) is 0 Å². The average molecular weight is 403 g/mol. The van der Waals surface area contributed by atoms with Gasteiger partial charge in [-0.25, -0.2) is 4.98 Å². The van der Waals surface area contributed by atoms with Crippen molar-refractivity contribution in [3.05, 3.63) is 17.7 Å². The maximum absolute atomic E-state index is 13.2. The molecule has 0 bridgehead atoms. The number of nitrogens with zero attached hydrogens (tertiary/aromatic N) is 2. The molecule has 1 aliphatic carbocycles. The minimum absolute atomic E-state index is 0.0662. The van der Waals surface area contributed by atoms with Gasteiger partial charge in [0.15, 0.2) is 0 Å². The molecule has 0 radical (unpaired) electrons. The Kier molecular flexibility index (Phi) is 6.34. The summed E-state index contributed by atoms with van der Waals surface area (Å²) in [6, 6.07) is -1.50. The van der Waals surface area contributed by atoms with Gasteiger partial charge >= 0.3 is 0 Å². The zero-order valence-electron chi connectivity index (χ0n) is 16.9. The maximum Gasteiger partial charge on any atom is 0.246 e. The molecule has 0 aromatic carbocycles. The second kappa shape index (κ2) is 8.75. The van der Waals surface area contributed by atoms with Gasteiger partial charge in [-0.1, -0.05) is 13.8 Å². The van der Waals surface area contributed by atoms with Crippen LogP contribution >= 0.6 is 0 Å². The van der Waals surface area contributed by atoms with Crippen LogP contribution in [0, 0.1) is 5.92 Å². The number of aromatic nitrogens is 2. The summed E-state index contributed by atoms with van der Waals surface area (Å²) < 4.78 is 0. The first-order valence-corrected chi connectivity index (χ1v) is 10.2. The van der Waals surface area contributed by atoms with Gasteiger partial charge in [-0.05, 0) is 19.3 Å². The van der Waals surface area contributed by atoms with Gasteiger partial charge in [-0.15, -0.1) is 0 Å². The van der Waals surface area contributed by atoms with Crippen molar-refractivity contribution in [2.75, 3.05) is 6.54 Å². The normalized spacial score (nSPS) is 22.9. The smallest absolute Gasteiger partial charge is 0.246 e. The lowest BCUT2D eigenvalue weighted by atomic mass is 10.0. The number of nitrogens with two attached hydrogens (primary N) is 1. The number of carbonyl (C=O) groups excluding carboxylic acids is 4. The number of nitrogens with one attached hydrogen (secondary N) is 2. The molecule has 3 rings (SSSR count). The van der Waals surface area contributed by atoms with E-state index in [-0.39, 0.29) is 36.4 Å². The monoisotopic (exact) mass is 403 g/mol. The molecule has 0 unspecified atom stereocenters. The standard InChI is InChI=1S/C20H29N5O4/c1-11(2)18-22-10-13(23-18)9-15(24-19(28)12-5-6-14(26)8-12)20(29)25-7-3-4-16(25)17(21)27/h10-12,15-16H,3-9H2,1-2H3,(H2,21,27)(H,22,23)(H,24,28)/t12-,15+,16+/m1/s1. The molecule has 2 aliphatic rings. The Balaban J connectivity index is 1.78. The molecule has 0 spiro atoms. The number of likely N-dealkylation sites (tertiary alicyclic amines) is 1. The summed E-state index contributed by atoms with van der Waals surface area (Å²) in [6.45, 7) is 4.44. The van der Waals surface area contributed by atoms with Gasteiger partial charge in [0.2, 0.25) is 17.7 Å². The molecule has 3 amide bonds. The van der Waals surface area contributed by atoms with E-state index in [1.54, 1.807) is 6.20 Å². The summed E-state index contributed by atoms with van der Waals surface area (Å²) in [7, 11) is 0. The molecule has 9 heteroatoms. The van der Waals surface area contributed by atoms with Crippen LogP contribution in [-0.2, 0) is 25.6 Å². The van der Waals surface area contributed by atoms with Crippen molar-refractivity contribution in [2.45, 2.75) is 70.4 Å². The third-order valence-corrected chi connectivity index (χ3v) is 5.71. The van der Waals surface area contributed by atoms with Crippen molar-refractivity contribution >= 4 is 23.5 Å². The molecule has 1 aromatic heterocycles. The van der Waals surface area contributed by atoms with Gasteiger partial charge < -0.3 is 20.9 Å². The van der Waals surface area contributed by atoms with Crippen LogP contribution in [0.15, 0.2) is 6.20 Å². The highest BCUT2D eigenvalue weighted by atomic mass is 16.2. The lowest BCUT2D eigenvalue weighted by molar-refractivity contribution is -0.141. The van der Waals surface area contributed by atoms with E-state index in [1.165, 1.54) is 4.90 Å². The van der Waals surface area contributed by atoms with Crippen LogP contribution in [0.1, 0.15) is 63.4 Å². The highest BCUT2D eigenvalue weighted by Crippen LogP contribution is 2.23. The van der Waals surface area contributed by atoms with Gasteiger partial charge in [0, 0.05) is 49.5 Å². The van der Waals surface area contributed by atoms with Gasteiger partial charge in [0.25, 0.3) is 0 Å². The Morgan fingerprint density at radius 3 is 2.69 bits per heavy atom. The number of hydrogen-bond donors (Lipinski definition) is 3. The van der Waals surface area contributed by atoms with Crippen molar-refractivity contribution < 1.29 is 19.2 Å². The van der Waals surface area contributed by atoms with E-state index in [2.05, 4.69) is 15.3 Å². The Morgan fingerprint density at radius 2 is 2.10 bits per heavy atom. The topological polar surface area (TPSA) is 138 Å². The molecule has 2 heterocycles. The fraction of sp³-hybridized carbons (Fsp3) is 0.650. The van der Waals surface area contributed by atoms with Crippen molar-refractivity contribution in [2.24, 2.45) is 11.7 Å². The zero-order valence-corrected chi connectivity index (χ0v) is 16.9. The summed E-state index contributed by atoms with van der Waals surface area (Å²) in [5, 5.41) is 2.82. The largest absolute Gasteiger partial charge is 0.368 e. The first-order valence-electron chi connectivity index (χ1n) is 10.2. The summed E-state index contributed by atoms with van der Waals surface area (Å²) in [5.41, 5.74) is 6.18. The van der Waals surface area contributed by atoms with Gasteiger partial charge in [-0.2, -0.15) is 0 Å². The summed E-state index contributed by atoms with van der Waals surface area (Å²) in [5.74, 6) is -0.499. The molecular weight excluding hydrogens is 374 g/mol. The highest BCUT2D eigenvalue weighted by molar-refractivity contribution is 5.94. The number of H-pyrrole nitrogens is 1. The van der Waals surface area contributed by atoms with Crippen molar-refractivity contribution in [3.63, 3.8) is 0 Å². The highest BCUT2D eigenvalue weighted by Gasteiger charge is 2.38. The third kappa shape index (κ3) is 4.83. The lowest BCUT2D eigenvalue weighted by Gasteiger charge is -2.28. The van der Waals surface area contributed by atoms with Crippen LogP contribution in [0.2, 0.25) is 0 Å². The fourth-order valence-electron chi connectivity index (χ4n) is 4.05. The van der Waals surface area contributed by atoms with E-state index in [1.807, 2.05) is 13.8 Å². The SMILES string of the molecule is CC(C)c1ncc(C[C@H](NC(=O)[C@@H]2CCC(=O)C2)C(=O)N2CCC[C@H]2C(N)=O)[nH]1. The Bertz CT molecular complexity index is 803. The lowest BCUT2D eigenvalue weighted by Crippen LogP contribution is -2.54. The Hall–Kier alpha value is -2.71. The molecule has 1 saturated carbocycles. The third-order valence-electron chi connectivity index (χ3n) is 5.71. The van der Waals surface area contributed by atoms with Crippen molar-refractivity contribution in [1.82, 2.24) is 20.2 Å². The van der Waals surface area contributed by atoms with Crippen LogP contribution in [-0.4, -0.2) is 57.0 Å². The predicted octanol–water partition coefficient (Wildman–Crippen LogP) is 0.406. The van der Waals surface area contributed by atoms with E-state index < -0.39 is 23.9 Å². The first-order chi connectivity index (χ1) is 13.8. The molecule has 29 heavy (non-hydrogen) atoms. The number of imidazole rings is 1. The molecule has 2 fully saturated rings. The molecule has 1 aliphatic heterocycles. The average Bonchev–Trinajstić information content (AvgIpc) is 3.40. The summed E-state index contributed by atoms with van der Waals surface area (Å²) in [6.07, 6.45) is 4.22. The van der Waals surface area contributed by atoms with E-state index in [9.17, 15) is 19.2 Å². The zero-order chi connectivity index (χ0) is 21.1. The quantitative estimate of drug-likeness (QED) is 0.605. The van der Waals surface area contributed by atoms with E-state index in [4.69, 9.17) is 5.73 Å². The Morgan fingerprint density at radius 1 is 1.34 bits per heavy atom. The van der Waals surface area contributed by atoms with Crippen LogP contribution in [0.4, 0.5) is 0 Å². The molecular formula is C20H29N5O4. The van der Waals surface area contributed by atoms with Gasteiger partial charge in [0.1, 0.15) is 23.7 Å². The van der Waals surface area contributed by atoms with E-state index in [0.717, 1.165) is 11.5 Å². The fourth-order valence-corrected chi connectivity index (χ4v) is 4.05. The molecule has 9 nitrogen and oxygen atoms in total. The minimum Gasteiger partial charge on any atom is -0.368 e. The van der Waals surface area contributed by atoms with Crippen molar-refractivity contribution in [3.8, 4) is 0 Å². The van der Waals surface area contributed by atoms with Gasteiger partial charge in [-0.3, -0.25) is 19.2 Å². The number of amides is 3. The number of Topliss-reactive ketones (excluding diaryl/α,β-unsaturated/α-hetero) is 1. The molecule has 3 atom stereocenters. The second-order valence-electron chi connectivity index (χ2n) is 8.28. The van der Waals surface area contributed by atoms with Crippen LogP contribution < -0.4 is 11.1 Å². The molecule has 4 N–H and O–H groups in total. The number of ketones is 1. The van der Waals surface area contributed by atoms with E-state index >= 15 is 0 Å². The number of aromatic amines is 1. The number of primary amides is 1. The summed E-state index contributed by atoms with van der Waals surface area (Å²) >= 11 is 0.